The first-order valence-electron chi connectivity index (χ1n) is 6.66. The minimum Gasteiger partial charge on any atom is -0.357 e. The smallest absolute Gasteiger partial charge is 0.241 e. The fourth-order valence-electron chi connectivity index (χ4n) is 1.57. The molecule has 0 radical (unpaired) electrons. The molecule has 1 amide bonds. The lowest BCUT2D eigenvalue weighted by molar-refractivity contribution is -0.119. The van der Waals surface area contributed by atoms with Crippen LogP contribution in [0, 0.1) is 0 Å². The zero-order valence-electron chi connectivity index (χ0n) is 11.6. The molecule has 0 atom stereocenters. The Morgan fingerprint density at radius 3 is 2.42 bits per heavy atom. The number of nitrogens with one attached hydrogen (secondary N) is 3. The van der Waals surface area contributed by atoms with Crippen molar-refractivity contribution in [3.05, 3.63) is 24.5 Å². The number of hydrogen-bond acceptors (Lipinski definition) is 2. The van der Waals surface area contributed by atoms with Gasteiger partial charge in [-0.1, -0.05) is 0 Å². The SMILES string of the molecule is CCNC(=O)CN=C(NCC)NCCn1cccc1. The Morgan fingerprint density at radius 2 is 1.79 bits per heavy atom. The van der Waals surface area contributed by atoms with Gasteiger partial charge >= 0.3 is 0 Å². The summed E-state index contributed by atoms with van der Waals surface area (Å²) in [5, 5.41) is 9.02. The van der Waals surface area contributed by atoms with E-state index in [1.54, 1.807) is 0 Å². The van der Waals surface area contributed by atoms with Crippen LogP contribution in [0.15, 0.2) is 29.5 Å². The predicted molar refractivity (Wildman–Crippen MR) is 77.1 cm³/mol. The Morgan fingerprint density at radius 1 is 1.11 bits per heavy atom. The molecule has 3 N–H and O–H groups in total. The molecular weight excluding hydrogens is 242 g/mol. The second-order valence-corrected chi connectivity index (χ2v) is 4.00. The van der Waals surface area contributed by atoms with Crippen LogP contribution in [0.1, 0.15) is 13.8 Å². The normalized spacial score (nSPS) is 11.2. The van der Waals surface area contributed by atoms with E-state index in [1.807, 2.05) is 38.4 Å². The summed E-state index contributed by atoms with van der Waals surface area (Å²) in [6.07, 6.45) is 4.03. The zero-order valence-corrected chi connectivity index (χ0v) is 11.6. The number of guanidine groups is 1. The summed E-state index contributed by atoms with van der Waals surface area (Å²) in [4.78, 5) is 15.6. The topological polar surface area (TPSA) is 70.4 Å². The number of aliphatic imine (C=N–C) groups is 1. The Balaban J connectivity index is 2.34. The highest BCUT2D eigenvalue weighted by molar-refractivity contribution is 5.84. The summed E-state index contributed by atoms with van der Waals surface area (Å²) in [5.41, 5.74) is 0. The van der Waals surface area contributed by atoms with Gasteiger partial charge in [0.05, 0.1) is 0 Å². The van der Waals surface area contributed by atoms with Crippen LogP contribution in [0.3, 0.4) is 0 Å². The summed E-state index contributed by atoms with van der Waals surface area (Å²) in [6, 6.07) is 3.99. The third-order valence-electron chi connectivity index (χ3n) is 2.43. The minimum absolute atomic E-state index is 0.0647. The van der Waals surface area contributed by atoms with Crippen molar-refractivity contribution in [1.82, 2.24) is 20.5 Å². The number of likely N-dealkylation sites (N-methyl/N-ethyl adjacent to an activating group) is 1. The molecule has 0 aliphatic heterocycles. The Bertz CT molecular complexity index is 386. The molecule has 0 saturated heterocycles. The average Bonchev–Trinajstić information content (AvgIpc) is 2.89. The van der Waals surface area contributed by atoms with Gasteiger partial charge in [-0.05, 0) is 26.0 Å². The number of amides is 1. The van der Waals surface area contributed by atoms with Gasteiger partial charge in [0.25, 0.3) is 0 Å². The molecule has 1 heterocycles. The molecule has 6 heteroatoms. The average molecular weight is 265 g/mol. The maximum absolute atomic E-state index is 11.3. The van der Waals surface area contributed by atoms with Crippen molar-refractivity contribution in [1.29, 1.82) is 0 Å². The van der Waals surface area contributed by atoms with Crippen molar-refractivity contribution in [3.63, 3.8) is 0 Å². The van der Waals surface area contributed by atoms with Crippen LogP contribution >= 0.6 is 0 Å². The van der Waals surface area contributed by atoms with Crippen LogP contribution in [-0.2, 0) is 11.3 Å². The minimum atomic E-state index is -0.0647. The number of aromatic nitrogens is 1. The highest BCUT2D eigenvalue weighted by atomic mass is 16.1. The van der Waals surface area contributed by atoms with Crippen LogP contribution in [0.25, 0.3) is 0 Å². The molecule has 6 nitrogen and oxygen atoms in total. The van der Waals surface area contributed by atoms with E-state index in [0.717, 1.165) is 19.6 Å². The fourth-order valence-corrected chi connectivity index (χ4v) is 1.57. The Labute approximate surface area is 114 Å². The second-order valence-electron chi connectivity index (χ2n) is 4.00. The quantitative estimate of drug-likeness (QED) is 0.486. The van der Waals surface area contributed by atoms with Gasteiger partial charge in [0, 0.05) is 38.6 Å². The number of hydrogen-bond donors (Lipinski definition) is 3. The van der Waals surface area contributed by atoms with Crippen molar-refractivity contribution < 1.29 is 4.79 Å². The predicted octanol–water partition coefficient (Wildman–Crippen LogP) is 0.179. The fraction of sp³-hybridized carbons (Fsp3) is 0.538. The van der Waals surface area contributed by atoms with Gasteiger partial charge in [0.1, 0.15) is 6.54 Å². The first kappa shape index (κ1) is 15.1. The van der Waals surface area contributed by atoms with Crippen LogP contribution in [0.2, 0.25) is 0 Å². The van der Waals surface area contributed by atoms with Gasteiger partial charge in [-0.25, -0.2) is 4.99 Å². The first-order valence-corrected chi connectivity index (χ1v) is 6.66. The zero-order chi connectivity index (χ0) is 13.9. The molecule has 19 heavy (non-hydrogen) atoms. The van der Waals surface area contributed by atoms with Crippen LogP contribution in [0.5, 0.6) is 0 Å². The van der Waals surface area contributed by atoms with Crippen molar-refractivity contribution in [2.24, 2.45) is 4.99 Å². The van der Waals surface area contributed by atoms with Crippen LogP contribution in [0.4, 0.5) is 0 Å². The molecule has 0 bridgehead atoms. The molecule has 106 valence electrons. The molecule has 1 rings (SSSR count). The molecule has 0 aliphatic rings. The van der Waals surface area contributed by atoms with E-state index < -0.39 is 0 Å². The van der Waals surface area contributed by atoms with Gasteiger partial charge in [-0.15, -0.1) is 0 Å². The van der Waals surface area contributed by atoms with Crippen molar-refractivity contribution in [2.45, 2.75) is 20.4 Å². The van der Waals surface area contributed by atoms with E-state index >= 15 is 0 Å². The maximum Gasteiger partial charge on any atom is 0.241 e. The van der Waals surface area contributed by atoms with Crippen molar-refractivity contribution in [2.75, 3.05) is 26.2 Å². The van der Waals surface area contributed by atoms with Crippen LogP contribution in [-0.4, -0.2) is 42.6 Å². The molecule has 1 aromatic heterocycles. The molecule has 0 aromatic carbocycles. The van der Waals surface area contributed by atoms with E-state index in [4.69, 9.17) is 0 Å². The van der Waals surface area contributed by atoms with E-state index in [2.05, 4.69) is 25.5 Å². The number of rotatable bonds is 7. The second kappa shape index (κ2) is 9.02. The van der Waals surface area contributed by atoms with Crippen molar-refractivity contribution >= 4 is 11.9 Å². The third kappa shape index (κ3) is 6.49. The molecule has 0 unspecified atom stereocenters. The van der Waals surface area contributed by atoms with Gasteiger partial charge in [-0.3, -0.25) is 4.79 Å². The van der Waals surface area contributed by atoms with Gasteiger partial charge < -0.3 is 20.5 Å². The number of carbonyl (C=O) groups is 1. The molecule has 0 aliphatic carbocycles. The summed E-state index contributed by atoms with van der Waals surface area (Å²) < 4.78 is 2.08. The van der Waals surface area contributed by atoms with Gasteiger partial charge in [0.2, 0.25) is 5.91 Å². The van der Waals surface area contributed by atoms with Gasteiger partial charge in [-0.2, -0.15) is 0 Å². The summed E-state index contributed by atoms with van der Waals surface area (Å²) in [6.45, 7) is 7.05. The lowest BCUT2D eigenvalue weighted by Gasteiger charge is -2.11. The monoisotopic (exact) mass is 265 g/mol. The van der Waals surface area contributed by atoms with E-state index in [1.165, 1.54) is 0 Å². The third-order valence-corrected chi connectivity index (χ3v) is 2.43. The number of carbonyl (C=O) groups excluding carboxylic acids is 1. The first-order chi connectivity index (χ1) is 9.26. The van der Waals surface area contributed by atoms with Crippen LogP contribution < -0.4 is 16.0 Å². The highest BCUT2D eigenvalue weighted by Crippen LogP contribution is 1.88. The Kier molecular flexibility index (Phi) is 7.16. The largest absolute Gasteiger partial charge is 0.357 e. The highest BCUT2D eigenvalue weighted by Gasteiger charge is 2.00. The van der Waals surface area contributed by atoms with E-state index in [0.29, 0.717) is 12.5 Å². The molecule has 0 spiro atoms. The van der Waals surface area contributed by atoms with E-state index in [-0.39, 0.29) is 12.5 Å². The number of nitrogens with zero attached hydrogens (tertiary/aromatic N) is 2. The standard InChI is InChI=1S/C13H23N5O/c1-3-14-12(19)11-17-13(15-4-2)16-7-10-18-8-5-6-9-18/h5-6,8-9H,3-4,7,10-11H2,1-2H3,(H,14,19)(H2,15,16,17). The summed E-state index contributed by atoms with van der Waals surface area (Å²) in [7, 11) is 0. The van der Waals surface area contributed by atoms with E-state index in [9.17, 15) is 4.79 Å². The molecule has 0 saturated carbocycles. The maximum atomic E-state index is 11.3. The molecule has 0 fully saturated rings. The van der Waals surface area contributed by atoms with Gasteiger partial charge in [0.15, 0.2) is 5.96 Å². The summed E-state index contributed by atoms with van der Waals surface area (Å²) in [5.74, 6) is 0.603. The lowest BCUT2D eigenvalue weighted by Crippen LogP contribution is -2.39. The lowest BCUT2D eigenvalue weighted by atomic mass is 10.5. The molecule has 1 aromatic rings. The molecular formula is C13H23N5O. The Hall–Kier alpha value is -1.98. The van der Waals surface area contributed by atoms with Crippen molar-refractivity contribution in [3.8, 4) is 0 Å². The summed E-state index contributed by atoms with van der Waals surface area (Å²) >= 11 is 0.